The SMILES string of the molecule is CSC(C)C(=O)Nc1ccc2nc(Cc3ccccc3F)[nH]c2c1. The maximum absolute atomic E-state index is 13.8. The van der Waals surface area contributed by atoms with Gasteiger partial charge in [-0.2, -0.15) is 11.8 Å². The van der Waals surface area contributed by atoms with Crippen molar-refractivity contribution in [2.75, 3.05) is 11.6 Å². The zero-order valence-electron chi connectivity index (χ0n) is 13.5. The van der Waals surface area contributed by atoms with Gasteiger partial charge in [0.15, 0.2) is 0 Å². The molecule has 24 heavy (non-hydrogen) atoms. The third-order valence-corrected chi connectivity index (χ3v) is 4.76. The lowest BCUT2D eigenvalue weighted by molar-refractivity contribution is -0.115. The third kappa shape index (κ3) is 3.59. The average molecular weight is 343 g/mol. The maximum Gasteiger partial charge on any atom is 0.237 e. The fraction of sp³-hybridized carbons (Fsp3) is 0.222. The monoisotopic (exact) mass is 343 g/mol. The first-order chi connectivity index (χ1) is 11.6. The highest BCUT2D eigenvalue weighted by molar-refractivity contribution is 7.99. The second-order valence-electron chi connectivity index (χ2n) is 5.55. The zero-order chi connectivity index (χ0) is 17.1. The van der Waals surface area contributed by atoms with Crippen molar-refractivity contribution in [1.82, 2.24) is 9.97 Å². The van der Waals surface area contributed by atoms with E-state index in [1.807, 2.05) is 37.4 Å². The molecule has 1 heterocycles. The van der Waals surface area contributed by atoms with E-state index < -0.39 is 0 Å². The molecule has 0 aliphatic rings. The average Bonchev–Trinajstić information content (AvgIpc) is 2.97. The molecule has 0 aliphatic heterocycles. The predicted octanol–water partition coefficient (Wildman–Crippen LogP) is 3.98. The van der Waals surface area contributed by atoms with Crippen LogP contribution in [0.1, 0.15) is 18.3 Å². The first kappa shape index (κ1) is 16.5. The minimum atomic E-state index is -0.239. The van der Waals surface area contributed by atoms with Gasteiger partial charge in [-0.05, 0) is 43.0 Å². The van der Waals surface area contributed by atoms with E-state index in [9.17, 15) is 9.18 Å². The van der Waals surface area contributed by atoms with Crippen molar-refractivity contribution in [3.8, 4) is 0 Å². The first-order valence-corrected chi connectivity index (χ1v) is 8.91. The first-order valence-electron chi connectivity index (χ1n) is 7.62. The number of carbonyl (C=O) groups excluding carboxylic acids is 1. The highest BCUT2D eigenvalue weighted by Crippen LogP contribution is 2.20. The van der Waals surface area contributed by atoms with Crippen LogP contribution in [0.2, 0.25) is 0 Å². The zero-order valence-corrected chi connectivity index (χ0v) is 14.3. The van der Waals surface area contributed by atoms with Gasteiger partial charge in [0.1, 0.15) is 11.6 Å². The second kappa shape index (κ2) is 7.05. The number of hydrogen-bond acceptors (Lipinski definition) is 3. The van der Waals surface area contributed by atoms with Crippen molar-refractivity contribution in [1.29, 1.82) is 0 Å². The van der Waals surface area contributed by atoms with Gasteiger partial charge < -0.3 is 10.3 Å². The van der Waals surface area contributed by atoms with Gasteiger partial charge >= 0.3 is 0 Å². The van der Waals surface area contributed by atoms with Crippen molar-refractivity contribution in [2.24, 2.45) is 0 Å². The van der Waals surface area contributed by atoms with Crippen LogP contribution in [-0.4, -0.2) is 27.4 Å². The predicted molar refractivity (Wildman–Crippen MR) is 96.9 cm³/mol. The molecule has 0 aliphatic carbocycles. The van der Waals surface area contributed by atoms with Gasteiger partial charge in [0, 0.05) is 12.1 Å². The second-order valence-corrected chi connectivity index (χ2v) is 6.73. The number of aromatic nitrogens is 2. The van der Waals surface area contributed by atoms with Gasteiger partial charge in [0.05, 0.1) is 16.3 Å². The number of aromatic amines is 1. The molecule has 2 aromatic carbocycles. The number of carbonyl (C=O) groups is 1. The molecule has 1 unspecified atom stereocenters. The van der Waals surface area contributed by atoms with E-state index in [2.05, 4.69) is 15.3 Å². The number of nitrogens with one attached hydrogen (secondary N) is 2. The number of rotatable bonds is 5. The van der Waals surface area contributed by atoms with E-state index in [4.69, 9.17) is 0 Å². The van der Waals surface area contributed by atoms with Crippen molar-refractivity contribution < 1.29 is 9.18 Å². The number of anilines is 1. The minimum Gasteiger partial charge on any atom is -0.342 e. The fourth-order valence-electron chi connectivity index (χ4n) is 2.40. The number of thioether (sulfide) groups is 1. The normalized spacial score (nSPS) is 12.3. The molecule has 6 heteroatoms. The van der Waals surface area contributed by atoms with Crippen LogP contribution in [0.3, 0.4) is 0 Å². The molecule has 0 spiro atoms. The number of nitrogens with zero attached hydrogens (tertiary/aromatic N) is 1. The Morgan fingerprint density at radius 2 is 2.12 bits per heavy atom. The number of amides is 1. The summed E-state index contributed by atoms with van der Waals surface area (Å²) in [5, 5.41) is 2.77. The quantitative estimate of drug-likeness (QED) is 0.737. The molecule has 1 atom stereocenters. The Kier molecular flexibility index (Phi) is 4.85. The summed E-state index contributed by atoms with van der Waals surface area (Å²) in [6.45, 7) is 1.86. The van der Waals surface area contributed by atoms with Crippen molar-refractivity contribution in [2.45, 2.75) is 18.6 Å². The standard InChI is InChI=1S/C18H18FN3OS/c1-11(24-2)18(23)20-13-7-8-15-16(10-13)22-17(21-15)9-12-5-3-4-6-14(12)19/h3-8,10-11H,9H2,1-2H3,(H,20,23)(H,21,22). The highest BCUT2D eigenvalue weighted by atomic mass is 32.2. The smallest absolute Gasteiger partial charge is 0.237 e. The van der Waals surface area contributed by atoms with Gasteiger partial charge in [-0.15, -0.1) is 0 Å². The van der Waals surface area contributed by atoms with Gasteiger partial charge in [-0.3, -0.25) is 4.79 Å². The molecule has 0 bridgehead atoms. The van der Waals surface area contributed by atoms with Crippen LogP contribution in [0, 0.1) is 5.82 Å². The van der Waals surface area contributed by atoms with E-state index in [1.165, 1.54) is 17.8 Å². The topological polar surface area (TPSA) is 57.8 Å². The number of fused-ring (bicyclic) bond motifs is 1. The van der Waals surface area contributed by atoms with Crippen LogP contribution in [0.4, 0.5) is 10.1 Å². The van der Waals surface area contributed by atoms with Crippen molar-refractivity contribution >= 4 is 34.4 Å². The number of imidazole rings is 1. The van der Waals surface area contributed by atoms with Crippen LogP contribution in [0.5, 0.6) is 0 Å². The Morgan fingerprint density at radius 3 is 2.88 bits per heavy atom. The molecule has 4 nitrogen and oxygen atoms in total. The van der Waals surface area contributed by atoms with E-state index in [1.54, 1.807) is 12.1 Å². The summed E-state index contributed by atoms with van der Waals surface area (Å²) in [6, 6.07) is 12.2. The molecule has 3 rings (SSSR count). The lowest BCUT2D eigenvalue weighted by atomic mass is 10.1. The van der Waals surface area contributed by atoms with Gasteiger partial charge in [0.2, 0.25) is 5.91 Å². The molecule has 0 saturated heterocycles. The van der Waals surface area contributed by atoms with Crippen LogP contribution < -0.4 is 5.32 Å². The van der Waals surface area contributed by atoms with Crippen LogP contribution in [0.25, 0.3) is 11.0 Å². The summed E-state index contributed by atoms with van der Waals surface area (Å²) in [7, 11) is 0. The van der Waals surface area contributed by atoms with Crippen LogP contribution in [0.15, 0.2) is 42.5 Å². The van der Waals surface area contributed by atoms with Gasteiger partial charge in [-0.25, -0.2) is 9.37 Å². The molecule has 2 N–H and O–H groups in total. The number of benzene rings is 2. The highest BCUT2D eigenvalue weighted by Gasteiger charge is 2.12. The molecule has 1 aromatic heterocycles. The number of halogens is 1. The van der Waals surface area contributed by atoms with Crippen LogP contribution in [-0.2, 0) is 11.2 Å². The summed E-state index contributed by atoms with van der Waals surface area (Å²) in [5.74, 6) is 0.418. The fourth-order valence-corrected chi connectivity index (χ4v) is 2.67. The molecular weight excluding hydrogens is 325 g/mol. The Hall–Kier alpha value is -2.34. The van der Waals surface area contributed by atoms with E-state index in [0.717, 1.165) is 16.7 Å². The third-order valence-electron chi connectivity index (χ3n) is 3.84. The van der Waals surface area contributed by atoms with Crippen LogP contribution >= 0.6 is 11.8 Å². The lowest BCUT2D eigenvalue weighted by Crippen LogP contribution is -2.21. The molecule has 0 saturated carbocycles. The Morgan fingerprint density at radius 1 is 1.33 bits per heavy atom. The lowest BCUT2D eigenvalue weighted by Gasteiger charge is -2.09. The molecular formula is C18H18FN3OS. The summed E-state index contributed by atoms with van der Waals surface area (Å²) < 4.78 is 13.8. The summed E-state index contributed by atoms with van der Waals surface area (Å²) in [4.78, 5) is 19.6. The van der Waals surface area contributed by atoms with E-state index >= 15 is 0 Å². The maximum atomic E-state index is 13.8. The Labute approximate surface area is 143 Å². The Balaban J connectivity index is 1.81. The largest absolute Gasteiger partial charge is 0.342 e. The Bertz CT molecular complexity index is 878. The van der Waals surface area contributed by atoms with Crippen molar-refractivity contribution in [3.05, 3.63) is 59.7 Å². The molecule has 124 valence electrons. The van der Waals surface area contributed by atoms with Gasteiger partial charge in [-0.1, -0.05) is 18.2 Å². The summed E-state index contributed by atoms with van der Waals surface area (Å²) in [6.07, 6.45) is 2.30. The summed E-state index contributed by atoms with van der Waals surface area (Å²) >= 11 is 1.49. The molecule has 1 amide bonds. The van der Waals surface area contributed by atoms with Gasteiger partial charge in [0.25, 0.3) is 0 Å². The van der Waals surface area contributed by atoms with E-state index in [-0.39, 0.29) is 17.0 Å². The number of hydrogen-bond donors (Lipinski definition) is 2. The molecule has 3 aromatic rings. The molecule has 0 fully saturated rings. The number of H-pyrrole nitrogens is 1. The van der Waals surface area contributed by atoms with E-state index in [0.29, 0.717) is 17.8 Å². The minimum absolute atomic E-state index is 0.0343. The van der Waals surface area contributed by atoms with Crippen molar-refractivity contribution in [3.63, 3.8) is 0 Å². The molecule has 0 radical (unpaired) electrons. The summed E-state index contributed by atoms with van der Waals surface area (Å²) in [5.41, 5.74) is 2.92.